The van der Waals surface area contributed by atoms with Crippen LogP contribution < -0.4 is 4.74 Å². The summed E-state index contributed by atoms with van der Waals surface area (Å²) in [4.78, 5) is 4.05. The van der Waals surface area contributed by atoms with Crippen molar-refractivity contribution in [3.05, 3.63) is 23.9 Å². The van der Waals surface area contributed by atoms with Crippen LogP contribution >= 0.6 is 0 Å². The Bertz CT molecular complexity index is 265. The molecule has 1 aromatic rings. The Labute approximate surface area is 83.8 Å². The van der Waals surface area contributed by atoms with Crippen LogP contribution in [0.1, 0.15) is 12.5 Å². The van der Waals surface area contributed by atoms with Gasteiger partial charge in [0.2, 0.25) is 5.88 Å². The van der Waals surface area contributed by atoms with Crippen molar-refractivity contribution in [2.45, 2.75) is 13.5 Å². The lowest BCUT2D eigenvalue weighted by molar-refractivity contribution is -0.0391. The molecule has 14 heavy (non-hydrogen) atoms. The maximum absolute atomic E-state index is 5.25. The van der Waals surface area contributed by atoms with Crippen molar-refractivity contribution in [2.24, 2.45) is 0 Å². The minimum atomic E-state index is 0.298. The van der Waals surface area contributed by atoms with Crippen LogP contribution in [0.4, 0.5) is 0 Å². The molecule has 0 unspecified atom stereocenters. The lowest BCUT2D eigenvalue weighted by Crippen LogP contribution is -1.99. The molecule has 0 aromatic carbocycles. The number of aromatic nitrogens is 1. The first-order valence-corrected chi connectivity index (χ1v) is 4.51. The molecule has 0 spiro atoms. The van der Waals surface area contributed by atoms with Gasteiger partial charge in [-0.15, -0.1) is 0 Å². The quantitative estimate of drug-likeness (QED) is 0.513. The Morgan fingerprint density at radius 2 is 2.29 bits per heavy atom. The second-order valence-electron chi connectivity index (χ2n) is 2.69. The third-order valence-electron chi connectivity index (χ3n) is 1.56. The second-order valence-corrected chi connectivity index (χ2v) is 2.69. The molecule has 4 nitrogen and oxygen atoms in total. The molecule has 0 fully saturated rings. The summed E-state index contributed by atoms with van der Waals surface area (Å²) in [6.45, 7) is 3.36. The Kier molecular flexibility index (Phi) is 4.96. The molecule has 1 rings (SSSR count). The summed E-state index contributed by atoms with van der Waals surface area (Å²) in [6, 6.07) is 3.75. The van der Waals surface area contributed by atoms with E-state index in [1.54, 1.807) is 13.3 Å². The number of rotatable bonds is 6. The first-order chi connectivity index (χ1) is 6.86. The molecule has 4 heteroatoms. The largest absolute Gasteiger partial charge is 0.478 e. The van der Waals surface area contributed by atoms with Gasteiger partial charge in [0, 0.05) is 19.4 Å². The summed E-state index contributed by atoms with van der Waals surface area (Å²) < 4.78 is 15.2. The average molecular weight is 197 g/mol. The van der Waals surface area contributed by atoms with Crippen LogP contribution in [-0.4, -0.2) is 25.5 Å². The zero-order valence-corrected chi connectivity index (χ0v) is 8.53. The highest BCUT2D eigenvalue weighted by atomic mass is 16.7. The van der Waals surface area contributed by atoms with Crippen molar-refractivity contribution in [3.8, 4) is 5.88 Å². The maximum Gasteiger partial charge on any atom is 0.213 e. The Balaban J connectivity index is 2.46. The fraction of sp³-hybridized carbons (Fsp3) is 0.500. The molecule has 0 amide bonds. The summed E-state index contributed by atoms with van der Waals surface area (Å²) in [5.41, 5.74) is 1.03. The Morgan fingerprint density at radius 3 is 3.00 bits per heavy atom. The van der Waals surface area contributed by atoms with Gasteiger partial charge in [-0.3, -0.25) is 0 Å². The molecule has 0 saturated heterocycles. The van der Waals surface area contributed by atoms with Crippen LogP contribution in [-0.2, 0) is 16.1 Å². The maximum atomic E-state index is 5.25. The van der Waals surface area contributed by atoms with E-state index in [2.05, 4.69) is 4.98 Å². The Hall–Kier alpha value is -1.13. The SMILES string of the molecule is CCOc1cc(COCOC)ccn1. The minimum absolute atomic E-state index is 0.298. The number of pyridine rings is 1. The fourth-order valence-electron chi connectivity index (χ4n) is 1.01. The van der Waals surface area contributed by atoms with Crippen molar-refractivity contribution in [1.29, 1.82) is 0 Å². The molecule has 0 aliphatic carbocycles. The Morgan fingerprint density at radius 1 is 1.43 bits per heavy atom. The van der Waals surface area contributed by atoms with Gasteiger partial charge in [0.25, 0.3) is 0 Å². The molecule has 0 aliphatic rings. The van der Waals surface area contributed by atoms with Crippen molar-refractivity contribution in [3.63, 3.8) is 0 Å². The van der Waals surface area contributed by atoms with Crippen molar-refractivity contribution in [1.82, 2.24) is 4.98 Å². The van der Waals surface area contributed by atoms with Crippen molar-refractivity contribution < 1.29 is 14.2 Å². The molecule has 0 saturated carbocycles. The van der Waals surface area contributed by atoms with E-state index in [1.165, 1.54) is 0 Å². The summed E-state index contributed by atoms with van der Waals surface area (Å²) in [7, 11) is 1.60. The molecular formula is C10H15NO3. The van der Waals surface area contributed by atoms with Gasteiger partial charge in [-0.25, -0.2) is 4.98 Å². The normalized spacial score (nSPS) is 10.1. The van der Waals surface area contributed by atoms with E-state index in [0.29, 0.717) is 25.9 Å². The number of hydrogen-bond donors (Lipinski definition) is 0. The van der Waals surface area contributed by atoms with Crippen LogP contribution in [0.5, 0.6) is 5.88 Å². The van der Waals surface area contributed by atoms with E-state index in [9.17, 15) is 0 Å². The van der Waals surface area contributed by atoms with Gasteiger partial charge >= 0.3 is 0 Å². The van der Waals surface area contributed by atoms with Gasteiger partial charge in [0.05, 0.1) is 13.2 Å². The van der Waals surface area contributed by atoms with Crippen LogP contribution in [0, 0.1) is 0 Å². The average Bonchev–Trinajstić information content (AvgIpc) is 2.19. The fourth-order valence-corrected chi connectivity index (χ4v) is 1.01. The molecule has 0 N–H and O–H groups in total. The van der Waals surface area contributed by atoms with Crippen LogP contribution in [0.3, 0.4) is 0 Å². The van der Waals surface area contributed by atoms with Gasteiger partial charge in [0.15, 0.2) is 0 Å². The van der Waals surface area contributed by atoms with Gasteiger partial charge in [0.1, 0.15) is 6.79 Å². The minimum Gasteiger partial charge on any atom is -0.478 e. The van der Waals surface area contributed by atoms with E-state index in [-0.39, 0.29) is 0 Å². The first-order valence-electron chi connectivity index (χ1n) is 4.51. The van der Waals surface area contributed by atoms with Crippen LogP contribution in [0.2, 0.25) is 0 Å². The first kappa shape index (κ1) is 10.9. The van der Waals surface area contributed by atoms with Gasteiger partial charge in [-0.2, -0.15) is 0 Å². The van der Waals surface area contributed by atoms with E-state index in [0.717, 1.165) is 5.56 Å². The predicted molar refractivity (Wildman–Crippen MR) is 52.1 cm³/mol. The smallest absolute Gasteiger partial charge is 0.213 e. The molecule has 0 bridgehead atoms. The number of hydrogen-bond acceptors (Lipinski definition) is 4. The van der Waals surface area contributed by atoms with E-state index >= 15 is 0 Å². The van der Waals surface area contributed by atoms with Gasteiger partial charge in [-0.1, -0.05) is 0 Å². The molecule has 1 aromatic heterocycles. The topological polar surface area (TPSA) is 40.6 Å². The summed E-state index contributed by atoms with van der Waals surface area (Å²) in [6.07, 6.45) is 1.70. The van der Waals surface area contributed by atoms with E-state index < -0.39 is 0 Å². The van der Waals surface area contributed by atoms with Crippen molar-refractivity contribution in [2.75, 3.05) is 20.5 Å². The number of nitrogens with zero attached hydrogens (tertiary/aromatic N) is 1. The zero-order valence-electron chi connectivity index (χ0n) is 8.53. The molecular weight excluding hydrogens is 182 g/mol. The summed E-state index contributed by atoms with van der Waals surface area (Å²) in [5, 5.41) is 0. The second kappa shape index (κ2) is 6.34. The third-order valence-corrected chi connectivity index (χ3v) is 1.56. The zero-order chi connectivity index (χ0) is 10.2. The summed E-state index contributed by atoms with van der Waals surface area (Å²) >= 11 is 0. The molecule has 0 aliphatic heterocycles. The highest BCUT2D eigenvalue weighted by Crippen LogP contribution is 2.09. The van der Waals surface area contributed by atoms with Crippen molar-refractivity contribution >= 4 is 0 Å². The van der Waals surface area contributed by atoms with Gasteiger partial charge in [-0.05, 0) is 18.6 Å². The van der Waals surface area contributed by atoms with E-state index in [1.807, 2.05) is 19.1 Å². The predicted octanol–water partition coefficient (Wildman–Crippen LogP) is 1.60. The summed E-state index contributed by atoms with van der Waals surface area (Å²) in [5.74, 6) is 0.631. The van der Waals surface area contributed by atoms with Crippen LogP contribution in [0.25, 0.3) is 0 Å². The third kappa shape index (κ3) is 3.72. The molecule has 0 atom stereocenters. The molecule has 78 valence electrons. The monoisotopic (exact) mass is 197 g/mol. The van der Waals surface area contributed by atoms with Crippen LogP contribution in [0.15, 0.2) is 18.3 Å². The lowest BCUT2D eigenvalue weighted by Gasteiger charge is -2.05. The number of methoxy groups -OCH3 is 1. The number of ether oxygens (including phenoxy) is 3. The van der Waals surface area contributed by atoms with Gasteiger partial charge < -0.3 is 14.2 Å². The highest BCUT2D eigenvalue weighted by Gasteiger charge is 1.97. The molecule has 0 radical (unpaired) electrons. The molecule has 1 heterocycles. The van der Waals surface area contributed by atoms with E-state index in [4.69, 9.17) is 14.2 Å². The highest BCUT2D eigenvalue weighted by molar-refractivity contribution is 5.19. The lowest BCUT2D eigenvalue weighted by atomic mass is 10.3. The standard InChI is InChI=1S/C10H15NO3/c1-3-14-10-6-9(4-5-11-10)7-13-8-12-2/h4-6H,3,7-8H2,1-2H3.